The lowest BCUT2D eigenvalue weighted by atomic mass is 10.1. The van der Waals surface area contributed by atoms with E-state index in [-0.39, 0.29) is 11.5 Å². The second-order valence-corrected chi connectivity index (χ2v) is 7.88. The molecule has 1 aromatic heterocycles. The zero-order chi connectivity index (χ0) is 22.3. The molecule has 1 heterocycles. The SMILES string of the molecule is Cc1cccc(Cn2cc(/C=C(\C#N)C(=O)NCCc3ccccc3)c3ccccc32)c1. The van der Waals surface area contributed by atoms with Gasteiger partial charge in [0.25, 0.3) is 5.91 Å². The van der Waals surface area contributed by atoms with Gasteiger partial charge < -0.3 is 9.88 Å². The van der Waals surface area contributed by atoms with E-state index < -0.39 is 0 Å². The molecular formula is C28H25N3O. The number of carbonyl (C=O) groups excluding carboxylic acids is 1. The molecule has 1 N–H and O–H groups in total. The highest BCUT2D eigenvalue weighted by molar-refractivity contribution is 6.04. The summed E-state index contributed by atoms with van der Waals surface area (Å²) in [6.45, 7) is 3.29. The minimum Gasteiger partial charge on any atom is -0.351 e. The summed E-state index contributed by atoms with van der Waals surface area (Å²) in [5.41, 5.74) is 5.62. The van der Waals surface area contributed by atoms with Gasteiger partial charge in [0.05, 0.1) is 0 Å². The second-order valence-electron chi connectivity index (χ2n) is 7.88. The Hall–Kier alpha value is -4.10. The van der Waals surface area contributed by atoms with Crippen LogP contribution in [0, 0.1) is 18.3 Å². The Morgan fingerprint density at radius 2 is 1.75 bits per heavy atom. The number of nitrogens with zero attached hydrogens (tertiary/aromatic N) is 2. The summed E-state index contributed by atoms with van der Waals surface area (Å²) in [4.78, 5) is 12.6. The number of fused-ring (bicyclic) bond motifs is 1. The van der Waals surface area contributed by atoms with Gasteiger partial charge in [0.2, 0.25) is 0 Å². The Morgan fingerprint density at radius 1 is 1.00 bits per heavy atom. The standard InChI is InChI=1S/C28H25N3O/c1-21-8-7-11-23(16-21)19-31-20-25(26-12-5-6-13-27(26)31)17-24(18-29)28(32)30-15-14-22-9-3-2-4-10-22/h2-13,16-17,20H,14-15,19H2,1H3,(H,30,32)/b24-17+. The molecule has 0 aliphatic rings. The number of hydrogen-bond acceptors (Lipinski definition) is 2. The fourth-order valence-electron chi connectivity index (χ4n) is 3.89. The van der Waals surface area contributed by atoms with Crippen LogP contribution < -0.4 is 5.32 Å². The molecule has 3 aromatic carbocycles. The van der Waals surface area contributed by atoms with Gasteiger partial charge in [0.1, 0.15) is 11.6 Å². The lowest BCUT2D eigenvalue weighted by Crippen LogP contribution is -2.26. The van der Waals surface area contributed by atoms with Gasteiger partial charge in [-0.05, 0) is 36.6 Å². The van der Waals surface area contributed by atoms with E-state index >= 15 is 0 Å². The van der Waals surface area contributed by atoms with Crippen molar-refractivity contribution in [2.45, 2.75) is 19.9 Å². The van der Waals surface area contributed by atoms with Crippen molar-refractivity contribution in [3.8, 4) is 6.07 Å². The first-order chi connectivity index (χ1) is 15.6. The van der Waals surface area contributed by atoms with Crippen molar-refractivity contribution in [1.82, 2.24) is 9.88 Å². The number of benzene rings is 3. The maximum Gasteiger partial charge on any atom is 0.261 e. The van der Waals surface area contributed by atoms with Crippen LogP contribution in [0.3, 0.4) is 0 Å². The molecule has 0 atom stereocenters. The third-order valence-corrected chi connectivity index (χ3v) is 5.46. The van der Waals surface area contributed by atoms with E-state index in [2.05, 4.69) is 53.2 Å². The van der Waals surface area contributed by atoms with Crippen LogP contribution in [0.5, 0.6) is 0 Å². The van der Waals surface area contributed by atoms with E-state index in [0.717, 1.165) is 35.0 Å². The molecule has 4 aromatic rings. The summed E-state index contributed by atoms with van der Waals surface area (Å²) in [5, 5.41) is 13.5. The summed E-state index contributed by atoms with van der Waals surface area (Å²) in [7, 11) is 0. The van der Waals surface area contributed by atoms with E-state index in [0.29, 0.717) is 6.54 Å². The van der Waals surface area contributed by atoms with Gasteiger partial charge in [-0.15, -0.1) is 0 Å². The average Bonchev–Trinajstić information content (AvgIpc) is 3.15. The zero-order valence-electron chi connectivity index (χ0n) is 18.1. The van der Waals surface area contributed by atoms with Crippen molar-refractivity contribution in [3.05, 3.63) is 113 Å². The monoisotopic (exact) mass is 419 g/mol. The van der Waals surface area contributed by atoms with E-state index in [1.54, 1.807) is 6.08 Å². The molecule has 0 saturated heterocycles. The van der Waals surface area contributed by atoms with E-state index in [1.165, 1.54) is 11.1 Å². The van der Waals surface area contributed by atoms with Crippen LogP contribution in [0.1, 0.15) is 22.3 Å². The van der Waals surface area contributed by atoms with Crippen LogP contribution in [0.2, 0.25) is 0 Å². The molecule has 32 heavy (non-hydrogen) atoms. The fraction of sp³-hybridized carbons (Fsp3) is 0.143. The summed E-state index contributed by atoms with van der Waals surface area (Å²) in [6.07, 6.45) is 4.43. The van der Waals surface area contributed by atoms with Gasteiger partial charge in [-0.25, -0.2) is 0 Å². The first kappa shape index (κ1) is 21.1. The minimum absolute atomic E-state index is 0.108. The van der Waals surface area contributed by atoms with E-state index in [1.807, 2.05) is 54.7 Å². The molecule has 0 fully saturated rings. The van der Waals surface area contributed by atoms with Crippen molar-refractivity contribution in [3.63, 3.8) is 0 Å². The van der Waals surface area contributed by atoms with Crippen molar-refractivity contribution in [1.29, 1.82) is 5.26 Å². The Morgan fingerprint density at radius 3 is 2.53 bits per heavy atom. The molecule has 4 heteroatoms. The lowest BCUT2D eigenvalue weighted by molar-refractivity contribution is -0.117. The van der Waals surface area contributed by atoms with Crippen LogP contribution >= 0.6 is 0 Å². The molecule has 1 amide bonds. The number of nitrogens with one attached hydrogen (secondary N) is 1. The zero-order valence-corrected chi connectivity index (χ0v) is 18.1. The number of para-hydroxylation sites is 1. The lowest BCUT2D eigenvalue weighted by Gasteiger charge is -2.06. The van der Waals surface area contributed by atoms with Crippen molar-refractivity contribution in [2.24, 2.45) is 0 Å². The first-order valence-electron chi connectivity index (χ1n) is 10.7. The predicted octanol–water partition coefficient (Wildman–Crippen LogP) is 5.26. The summed E-state index contributed by atoms with van der Waals surface area (Å²) >= 11 is 0. The second kappa shape index (κ2) is 9.80. The summed E-state index contributed by atoms with van der Waals surface area (Å²) in [5.74, 6) is -0.348. The number of nitriles is 1. The van der Waals surface area contributed by atoms with Gasteiger partial charge in [0, 0.05) is 35.8 Å². The smallest absolute Gasteiger partial charge is 0.261 e. The third-order valence-electron chi connectivity index (χ3n) is 5.46. The van der Waals surface area contributed by atoms with Gasteiger partial charge >= 0.3 is 0 Å². The fourth-order valence-corrected chi connectivity index (χ4v) is 3.89. The van der Waals surface area contributed by atoms with Gasteiger partial charge in [-0.2, -0.15) is 5.26 Å². The van der Waals surface area contributed by atoms with Crippen molar-refractivity contribution in [2.75, 3.05) is 6.54 Å². The predicted molar refractivity (Wildman–Crippen MR) is 129 cm³/mol. The molecule has 158 valence electrons. The third kappa shape index (κ3) is 4.96. The topological polar surface area (TPSA) is 57.8 Å². The Bertz CT molecular complexity index is 1310. The number of hydrogen-bond donors (Lipinski definition) is 1. The van der Waals surface area contributed by atoms with E-state index in [9.17, 15) is 10.1 Å². The molecule has 0 aliphatic heterocycles. The number of carbonyl (C=O) groups is 1. The molecule has 4 nitrogen and oxygen atoms in total. The van der Waals surface area contributed by atoms with Crippen LogP contribution in [-0.2, 0) is 17.8 Å². The van der Waals surface area contributed by atoms with Crippen LogP contribution in [0.25, 0.3) is 17.0 Å². The first-order valence-corrected chi connectivity index (χ1v) is 10.7. The van der Waals surface area contributed by atoms with Crippen LogP contribution in [0.4, 0.5) is 0 Å². The molecule has 0 bridgehead atoms. The highest BCUT2D eigenvalue weighted by Crippen LogP contribution is 2.24. The number of aromatic nitrogens is 1. The Labute approximate surface area is 188 Å². The average molecular weight is 420 g/mol. The van der Waals surface area contributed by atoms with Gasteiger partial charge in [0.15, 0.2) is 0 Å². The highest BCUT2D eigenvalue weighted by Gasteiger charge is 2.12. The number of rotatable bonds is 7. The van der Waals surface area contributed by atoms with Crippen molar-refractivity contribution < 1.29 is 4.79 Å². The normalized spacial score (nSPS) is 11.3. The largest absolute Gasteiger partial charge is 0.351 e. The maximum absolute atomic E-state index is 12.6. The Balaban J connectivity index is 1.56. The highest BCUT2D eigenvalue weighted by atomic mass is 16.1. The molecule has 4 rings (SSSR count). The Kier molecular flexibility index (Phi) is 6.48. The van der Waals surface area contributed by atoms with Gasteiger partial charge in [-0.1, -0.05) is 78.4 Å². The number of amides is 1. The quantitative estimate of drug-likeness (QED) is 0.328. The molecule has 0 radical (unpaired) electrons. The maximum atomic E-state index is 12.6. The molecule has 0 unspecified atom stereocenters. The summed E-state index contributed by atoms with van der Waals surface area (Å²) < 4.78 is 2.16. The molecule has 0 spiro atoms. The van der Waals surface area contributed by atoms with Gasteiger partial charge in [-0.3, -0.25) is 4.79 Å². The summed E-state index contributed by atoms with van der Waals surface area (Å²) in [6, 6.07) is 28.5. The van der Waals surface area contributed by atoms with Crippen LogP contribution in [0.15, 0.2) is 90.6 Å². The minimum atomic E-state index is -0.348. The van der Waals surface area contributed by atoms with Crippen LogP contribution in [-0.4, -0.2) is 17.0 Å². The van der Waals surface area contributed by atoms with E-state index in [4.69, 9.17) is 0 Å². The molecule has 0 saturated carbocycles. The molecule has 0 aliphatic carbocycles. The molecular weight excluding hydrogens is 394 g/mol. The number of aryl methyl sites for hydroxylation is 1. The van der Waals surface area contributed by atoms with Crippen molar-refractivity contribution >= 4 is 22.9 Å².